The summed E-state index contributed by atoms with van der Waals surface area (Å²) < 4.78 is 8.97. The largest absolute Gasteiger partial charge is 0.453 e. The Morgan fingerprint density at radius 2 is 1.12 bits per heavy atom. The Kier molecular flexibility index (Phi) is 5.63. The molecular weight excluding hydrogens is 585 g/mol. The summed E-state index contributed by atoms with van der Waals surface area (Å²) in [6.07, 6.45) is 0. The standard InChI is InChI=1S/C45H32N2O/c1-45(2)38-26-29(30-21-25-41-43(27-30)48-42-19-11-17-37-36-16-9-10-18-40(36)47(41)44(37)42)20-23-34(38)35-24-22-33(28-39(35)45)46(31-12-5-3-6-13-31)32-14-7-4-8-15-32/h3-28H,1-2H3. The summed E-state index contributed by atoms with van der Waals surface area (Å²) in [4.78, 5) is 2.34. The zero-order valence-corrected chi connectivity index (χ0v) is 26.8. The number of nitrogens with zero attached hydrogens (tertiary/aromatic N) is 2. The average molecular weight is 617 g/mol. The molecule has 2 heterocycles. The number of fused-ring (bicyclic) bond motifs is 8. The fraction of sp³-hybridized carbons (Fsp3) is 0.0667. The van der Waals surface area contributed by atoms with Gasteiger partial charge < -0.3 is 14.2 Å². The number of ether oxygens (including phenoxy) is 1. The molecule has 0 bridgehead atoms. The van der Waals surface area contributed by atoms with Crippen LogP contribution in [0.5, 0.6) is 11.5 Å². The molecule has 0 fully saturated rings. The lowest BCUT2D eigenvalue weighted by Crippen LogP contribution is -2.16. The Bertz CT molecular complexity index is 2520. The van der Waals surface area contributed by atoms with E-state index in [1.165, 1.54) is 44.1 Å². The fourth-order valence-electron chi connectivity index (χ4n) is 8.04. The van der Waals surface area contributed by atoms with Crippen LogP contribution in [0, 0.1) is 0 Å². The molecule has 228 valence electrons. The molecule has 7 aromatic carbocycles. The van der Waals surface area contributed by atoms with Crippen molar-refractivity contribution < 1.29 is 4.74 Å². The molecule has 1 aromatic heterocycles. The first kappa shape index (κ1) is 27.1. The van der Waals surface area contributed by atoms with Crippen LogP contribution in [0.1, 0.15) is 25.0 Å². The lowest BCUT2D eigenvalue weighted by Gasteiger charge is -2.28. The van der Waals surface area contributed by atoms with Crippen molar-refractivity contribution in [2.24, 2.45) is 0 Å². The maximum absolute atomic E-state index is 6.61. The van der Waals surface area contributed by atoms with E-state index in [9.17, 15) is 0 Å². The molecular formula is C45H32N2O. The van der Waals surface area contributed by atoms with Crippen molar-refractivity contribution >= 4 is 38.9 Å². The molecule has 0 unspecified atom stereocenters. The molecule has 0 spiro atoms. The number of anilines is 3. The van der Waals surface area contributed by atoms with Gasteiger partial charge in [0.25, 0.3) is 0 Å². The average Bonchev–Trinajstić information content (AvgIpc) is 3.59. The van der Waals surface area contributed by atoms with Crippen LogP contribution in [0.15, 0.2) is 158 Å². The van der Waals surface area contributed by atoms with Gasteiger partial charge in [0.15, 0.2) is 11.5 Å². The maximum atomic E-state index is 6.61. The summed E-state index contributed by atoms with van der Waals surface area (Å²) in [7, 11) is 0. The van der Waals surface area contributed by atoms with Crippen LogP contribution in [-0.4, -0.2) is 4.57 Å². The summed E-state index contributed by atoms with van der Waals surface area (Å²) >= 11 is 0. The van der Waals surface area contributed by atoms with Gasteiger partial charge in [-0.2, -0.15) is 0 Å². The van der Waals surface area contributed by atoms with Crippen LogP contribution < -0.4 is 9.64 Å². The minimum atomic E-state index is -0.172. The van der Waals surface area contributed by atoms with E-state index >= 15 is 0 Å². The van der Waals surface area contributed by atoms with Crippen molar-refractivity contribution in [1.82, 2.24) is 4.57 Å². The van der Waals surface area contributed by atoms with Gasteiger partial charge in [-0.05, 0) is 100 Å². The smallest absolute Gasteiger partial charge is 0.152 e. The Morgan fingerprint density at radius 1 is 0.500 bits per heavy atom. The monoisotopic (exact) mass is 616 g/mol. The third-order valence-corrected chi connectivity index (χ3v) is 10.4. The van der Waals surface area contributed by atoms with Gasteiger partial charge in [0.05, 0.1) is 16.7 Å². The van der Waals surface area contributed by atoms with Gasteiger partial charge in [-0.25, -0.2) is 0 Å². The summed E-state index contributed by atoms with van der Waals surface area (Å²) in [6, 6.07) is 56.8. The SMILES string of the molecule is CC1(C)c2cc(-c3ccc4c(c3)Oc3cccc5c6ccccc6n-4c35)ccc2-c2ccc(N(c3ccccc3)c3ccccc3)cc21. The van der Waals surface area contributed by atoms with E-state index in [0.717, 1.165) is 45.3 Å². The van der Waals surface area contributed by atoms with Gasteiger partial charge >= 0.3 is 0 Å². The Balaban J connectivity index is 1.06. The van der Waals surface area contributed by atoms with E-state index in [2.05, 4.69) is 181 Å². The zero-order chi connectivity index (χ0) is 32.0. The lowest BCUT2D eigenvalue weighted by atomic mass is 9.81. The molecule has 0 N–H and O–H groups in total. The normalized spacial score (nSPS) is 13.5. The highest BCUT2D eigenvalue weighted by molar-refractivity contribution is 6.12. The fourth-order valence-corrected chi connectivity index (χ4v) is 8.04. The molecule has 2 aliphatic rings. The van der Waals surface area contributed by atoms with Crippen LogP contribution >= 0.6 is 0 Å². The highest BCUT2D eigenvalue weighted by atomic mass is 16.5. The van der Waals surface area contributed by atoms with E-state index in [-0.39, 0.29) is 5.41 Å². The number of benzene rings is 7. The summed E-state index contributed by atoms with van der Waals surface area (Å²) in [6.45, 7) is 4.71. The summed E-state index contributed by atoms with van der Waals surface area (Å²) in [5.41, 5.74) is 14.3. The van der Waals surface area contributed by atoms with Crippen molar-refractivity contribution in [3.05, 3.63) is 169 Å². The van der Waals surface area contributed by atoms with Crippen LogP contribution in [0.3, 0.4) is 0 Å². The van der Waals surface area contributed by atoms with E-state index in [1.807, 2.05) is 0 Å². The van der Waals surface area contributed by atoms with E-state index < -0.39 is 0 Å². The predicted molar refractivity (Wildman–Crippen MR) is 199 cm³/mol. The first-order valence-corrected chi connectivity index (χ1v) is 16.6. The van der Waals surface area contributed by atoms with Gasteiger partial charge in [-0.3, -0.25) is 0 Å². The molecule has 0 saturated heterocycles. The van der Waals surface area contributed by atoms with E-state index in [4.69, 9.17) is 4.74 Å². The predicted octanol–water partition coefficient (Wildman–Crippen LogP) is 12.3. The second-order valence-electron chi connectivity index (χ2n) is 13.4. The van der Waals surface area contributed by atoms with Gasteiger partial charge in [0.2, 0.25) is 0 Å². The molecule has 10 rings (SSSR count). The van der Waals surface area contributed by atoms with Crippen molar-refractivity contribution in [3.63, 3.8) is 0 Å². The second kappa shape index (κ2) is 9.97. The molecule has 48 heavy (non-hydrogen) atoms. The van der Waals surface area contributed by atoms with E-state index in [0.29, 0.717) is 0 Å². The molecule has 0 atom stereocenters. The molecule has 0 amide bonds. The number of rotatable bonds is 4. The third kappa shape index (κ3) is 3.82. The van der Waals surface area contributed by atoms with Crippen molar-refractivity contribution in [3.8, 4) is 39.4 Å². The summed E-state index contributed by atoms with van der Waals surface area (Å²) in [5, 5.41) is 2.46. The Hall–Kier alpha value is -6.06. The van der Waals surface area contributed by atoms with Crippen molar-refractivity contribution in [2.45, 2.75) is 19.3 Å². The van der Waals surface area contributed by atoms with Gasteiger partial charge in [-0.15, -0.1) is 0 Å². The molecule has 8 aromatic rings. The number of hydrogen-bond acceptors (Lipinski definition) is 2. The highest BCUT2D eigenvalue weighted by Crippen LogP contribution is 2.52. The van der Waals surface area contributed by atoms with Crippen LogP contribution in [0.25, 0.3) is 49.7 Å². The van der Waals surface area contributed by atoms with Gasteiger partial charge in [-0.1, -0.05) is 105 Å². The maximum Gasteiger partial charge on any atom is 0.152 e. The van der Waals surface area contributed by atoms with Gasteiger partial charge in [0, 0.05) is 33.2 Å². The first-order valence-electron chi connectivity index (χ1n) is 16.6. The quantitative estimate of drug-likeness (QED) is 0.196. The number of aromatic nitrogens is 1. The Morgan fingerprint density at radius 3 is 1.90 bits per heavy atom. The second-order valence-corrected chi connectivity index (χ2v) is 13.4. The van der Waals surface area contributed by atoms with Crippen LogP contribution in [-0.2, 0) is 5.41 Å². The topological polar surface area (TPSA) is 17.4 Å². The minimum absolute atomic E-state index is 0.172. The zero-order valence-electron chi connectivity index (χ0n) is 26.8. The molecule has 3 nitrogen and oxygen atoms in total. The Labute approximate surface area is 279 Å². The number of para-hydroxylation sites is 4. The summed E-state index contributed by atoms with van der Waals surface area (Å²) in [5.74, 6) is 1.78. The van der Waals surface area contributed by atoms with Gasteiger partial charge in [0.1, 0.15) is 0 Å². The van der Waals surface area contributed by atoms with E-state index in [1.54, 1.807) is 0 Å². The highest BCUT2D eigenvalue weighted by Gasteiger charge is 2.36. The van der Waals surface area contributed by atoms with Crippen molar-refractivity contribution in [1.29, 1.82) is 0 Å². The third-order valence-electron chi connectivity index (χ3n) is 10.4. The van der Waals surface area contributed by atoms with Crippen LogP contribution in [0.4, 0.5) is 17.1 Å². The number of hydrogen-bond donors (Lipinski definition) is 0. The molecule has 0 radical (unpaired) electrons. The van der Waals surface area contributed by atoms with Crippen molar-refractivity contribution in [2.75, 3.05) is 4.90 Å². The van der Waals surface area contributed by atoms with Crippen LogP contribution in [0.2, 0.25) is 0 Å². The lowest BCUT2D eigenvalue weighted by molar-refractivity contribution is 0.476. The minimum Gasteiger partial charge on any atom is -0.453 e. The molecule has 0 saturated carbocycles. The molecule has 1 aliphatic heterocycles. The molecule has 1 aliphatic carbocycles. The first-order chi connectivity index (χ1) is 23.6. The molecule has 3 heteroatoms.